The Morgan fingerprint density at radius 3 is 2.86 bits per heavy atom. The summed E-state index contributed by atoms with van der Waals surface area (Å²) in [6, 6.07) is 5.93. The molecule has 2 aromatic rings. The molecule has 0 N–H and O–H groups in total. The molecule has 0 spiro atoms. The zero-order valence-electron chi connectivity index (χ0n) is 7.09. The Balaban J connectivity index is 2.74. The van der Waals surface area contributed by atoms with Crippen LogP contribution >= 0.6 is 43.2 Å². The highest BCUT2D eigenvalue weighted by atomic mass is 79.9. The molecule has 1 nitrogen and oxygen atoms in total. The number of thiophene rings is 1. The average molecular weight is 334 g/mol. The summed E-state index contributed by atoms with van der Waals surface area (Å²) >= 11 is 8.60. The van der Waals surface area contributed by atoms with Gasteiger partial charge in [0.25, 0.3) is 0 Å². The van der Waals surface area contributed by atoms with Gasteiger partial charge in [-0.15, -0.1) is 11.3 Å². The second-order valence-corrected chi connectivity index (χ2v) is 5.37. The third-order valence-corrected chi connectivity index (χ3v) is 4.94. The van der Waals surface area contributed by atoms with E-state index < -0.39 is 0 Å². The van der Waals surface area contributed by atoms with Crippen LogP contribution in [0.2, 0.25) is 0 Å². The molecular weight excluding hydrogens is 328 g/mol. The monoisotopic (exact) mass is 332 g/mol. The van der Waals surface area contributed by atoms with Crippen LogP contribution in [-0.2, 0) is 5.33 Å². The summed E-state index contributed by atoms with van der Waals surface area (Å²) in [6.45, 7) is 0. The fourth-order valence-electron chi connectivity index (χ4n) is 1.30. The lowest BCUT2D eigenvalue weighted by atomic mass is 10.2. The van der Waals surface area contributed by atoms with E-state index in [2.05, 4.69) is 37.9 Å². The van der Waals surface area contributed by atoms with Gasteiger partial charge in [0.05, 0.1) is 0 Å². The number of carbonyl (C=O) groups excluding carboxylic acids is 1. The molecule has 0 aliphatic carbocycles. The fraction of sp³-hybridized carbons (Fsp3) is 0.100. The van der Waals surface area contributed by atoms with Crippen molar-refractivity contribution < 1.29 is 4.79 Å². The zero-order valence-corrected chi connectivity index (χ0v) is 11.1. The molecule has 0 bridgehead atoms. The fourth-order valence-corrected chi connectivity index (χ4v) is 3.42. The molecule has 0 fully saturated rings. The predicted octanol–water partition coefficient (Wildman–Crippen LogP) is 4.37. The van der Waals surface area contributed by atoms with Gasteiger partial charge in [-0.2, -0.15) is 0 Å². The summed E-state index contributed by atoms with van der Waals surface area (Å²) in [5.74, 6) is 0. The topological polar surface area (TPSA) is 17.1 Å². The first-order chi connectivity index (χ1) is 6.76. The van der Waals surface area contributed by atoms with Gasteiger partial charge < -0.3 is 0 Å². The number of alkyl halides is 1. The molecule has 1 heterocycles. The van der Waals surface area contributed by atoms with Gasteiger partial charge in [0, 0.05) is 30.3 Å². The summed E-state index contributed by atoms with van der Waals surface area (Å²) in [5.41, 5.74) is 0.705. The number of carbonyl (C=O) groups is 1. The lowest BCUT2D eigenvalue weighted by Gasteiger charge is -1.96. The zero-order chi connectivity index (χ0) is 10.1. The lowest BCUT2D eigenvalue weighted by molar-refractivity contribution is 0.112. The molecule has 14 heavy (non-hydrogen) atoms. The lowest BCUT2D eigenvalue weighted by Crippen LogP contribution is -1.80. The molecule has 0 aliphatic heterocycles. The second kappa shape index (κ2) is 4.13. The minimum atomic E-state index is 0.705. The van der Waals surface area contributed by atoms with Crippen molar-refractivity contribution in [3.8, 4) is 0 Å². The van der Waals surface area contributed by atoms with Crippen LogP contribution in [-0.4, -0.2) is 6.29 Å². The molecule has 0 atom stereocenters. The van der Waals surface area contributed by atoms with Crippen LogP contribution in [0.25, 0.3) is 10.1 Å². The van der Waals surface area contributed by atoms with E-state index >= 15 is 0 Å². The molecule has 2 rings (SSSR count). The van der Waals surface area contributed by atoms with E-state index in [9.17, 15) is 4.79 Å². The number of aldehydes is 1. The Morgan fingerprint density at radius 2 is 2.21 bits per heavy atom. The Morgan fingerprint density at radius 1 is 1.43 bits per heavy atom. The van der Waals surface area contributed by atoms with Crippen molar-refractivity contribution in [2.75, 3.05) is 0 Å². The highest BCUT2D eigenvalue weighted by molar-refractivity contribution is 9.10. The van der Waals surface area contributed by atoms with Crippen LogP contribution in [0.5, 0.6) is 0 Å². The van der Waals surface area contributed by atoms with Gasteiger partial charge >= 0.3 is 0 Å². The van der Waals surface area contributed by atoms with Gasteiger partial charge in [0.15, 0.2) is 6.29 Å². The summed E-state index contributed by atoms with van der Waals surface area (Å²) in [4.78, 5) is 12.0. The van der Waals surface area contributed by atoms with Gasteiger partial charge in [-0.05, 0) is 34.1 Å². The maximum atomic E-state index is 10.7. The minimum absolute atomic E-state index is 0.705. The minimum Gasteiger partial charge on any atom is -0.298 e. The molecule has 0 saturated carbocycles. The summed E-state index contributed by atoms with van der Waals surface area (Å²) in [6.07, 6.45) is 0.870. The van der Waals surface area contributed by atoms with Gasteiger partial charge in [-0.3, -0.25) is 4.79 Å². The van der Waals surface area contributed by atoms with Crippen LogP contribution in [0.1, 0.15) is 15.2 Å². The molecule has 1 aromatic heterocycles. The average Bonchev–Trinajstić information content (AvgIpc) is 2.62. The van der Waals surface area contributed by atoms with Gasteiger partial charge in [0.1, 0.15) is 0 Å². The maximum Gasteiger partial charge on any atom is 0.151 e. The molecule has 0 amide bonds. The predicted molar refractivity (Wildman–Crippen MR) is 67.5 cm³/mol. The number of benzene rings is 1. The third kappa shape index (κ3) is 1.66. The Hall–Kier alpha value is -0.190. The van der Waals surface area contributed by atoms with E-state index in [0.717, 1.165) is 21.5 Å². The largest absolute Gasteiger partial charge is 0.298 e. The van der Waals surface area contributed by atoms with E-state index in [-0.39, 0.29) is 0 Å². The molecule has 1 aromatic carbocycles. The standard InChI is InChI=1S/C10H6Br2OS/c11-4-7-3-8-9(14-7)2-1-6(5-13)10(8)12/h1-3,5H,4H2. The highest BCUT2D eigenvalue weighted by Gasteiger charge is 2.07. The Labute approximate surface area is 102 Å². The summed E-state index contributed by atoms with van der Waals surface area (Å²) in [5, 5.41) is 1.98. The van der Waals surface area contributed by atoms with Crippen LogP contribution < -0.4 is 0 Å². The summed E-state index contributed by atoms with van der Waals surface area (Å²) in [7, 11) is 0. The molecular formula is C10H6Br2OS. The van der Waals surface area contributed by atoms with Crippen molar-refractivity contribution >= 4 is 59.6 Å². The molecule has 0 unspecified atom stereocenters. The Bertz CT molecular complexity index is 490. The van der Waals surface area contributed by atoms with Gasteiger partial charge in [0.2, 0.25) is 0 Å². The third-order valence-electron chi connectivity index (χ3n) is 1.97. The van der Waals surface area contributed by atoms with Gasteiger partial charge in [-0.25, -0.2) is 0 Å². The molecule has 0 radical (unpaired) electrons. The smallest absolute Gasteiger partial charge is 0.151 e. The SMILES string of the molecule is O=Cc1ccc2sc(CBr)cc2c1Br. The first kappa shape index (κ1) is 10.3. The van der Waals surface area contributed by atoms with Crippen molar-refractivity contribution in [2.45, 2.75) is 5.33 Å². The van der Waals surface area contributed by atoms with Crippen molar-refractivity contribution in [1.82, 2.24) is 0 Å². The number of fused-ring (bicyclic) bond motifs is 1. The molecule has 0 saturated heterocycles. The van der Waals surface area contributed by atoms with Crippen molar-refractivity contribution in [3.63, 3.8) is 0 Å². The van der Waals surface area contributed by atoms with Crippen LogP contribution in [0.3, 0.4) is 0 Å². The normalized spacial score (nSPS) is 10.7. The van der Waals surface area contributed by atoms with E-state index in [1.165, 1.54) is 9.58 Å². The highest BCUT2D eigenvalue weighted by Crippen LogP contribution is 2.34. The molecule has 0 aliphatic rings. The first-order valence-electron chi connectivity index (χ1n) is 3.98. The van der Waals surface area contributed by atoms with Crippen LogP contribution in [0.4, 0.5) is 0 Å². The van der Waals surface area contributed by atoms with Crippen molar-refractivity contribution in [1.29, 1.82) is 0 Å². The summed E-state index contributed by atoms with van der Waals surface area (Å²) < 4.78 is 2.10. The quantitative estimate of drug-likeness (QED) is 0.589. The number of hydrogen-bond donors (Lipinski definition) is 0. The number of rotatable bonds is 2. The van der Waals surface area contributed by atoms with E-state index in [4.69, 9.17) is 0 Å². The van der Waals surface area contributed by atoms with Crippen molar-refractivity contribution in [3.05, 3.63) is 33.1 Å². The Kier molecular flexibility index (Phi) is 3.04. The van der Waals surface area contributed by atoms with E-state index in [1.807, 2.05) is 12.1 Å². The number of hydrogen-bond acceptors (Lipinski definition) is 2. The maximum absolute atomic E-state index is 10.7. The van der Waals surface area contributed by atoms with E-state index in [1.54, 1.807) is 11.3 Å². The van der Waals surface area contributed by atoms with Crippen LogP contribution in [0.15, 0.2) is 22.7 Å². The second-order valence-electron chi connectivity index (χ2n) is 2.84. The molecule has 72 valence electrons. The van der Waals surface area contributed by atoms with Gasteiger partial charge in [-0.1, -0.05) is 15.9 Å². The van der Waals surface area contributed by atoms with Crippen LogP contribution in [0, 0.1) is 0 Å². The van der Waals surface area contributed by atoms with E-state index in [0.29, 0.717) is 5.56 Å². The molecule has 4 heteroatoms. The number of halogens is 2. The van der Waals surface area contributed by atoms with Crippen molar-refractivity contribution in [2.24, 2.45) is 0 Å². The first-order valence-corrected chi connectivity index (χ1v) is 6.71.